The van der Waals surface area contributed by atoms with Crippen molar-refractivity contribution in [3.8, 4) is 0 Å². The third-order valence-corrected chi connectivity index (χ3v) is 3.23. The van der Waals surface area contributed by atoms with Crippen LogP contribution in [0.1, 0.15) is 24.2 Å². The Morgan fingerprint density at radius 2 is 2.00 bits per heavy atom. The molecule has 0 saturated carbocycles. The van der Waals surface area contributed by atoms with E-state index in [-0.39, 0.29) is 11.0 Å². The maximum Gasteiger partial charge on any atom is 0.124 e. The lowest BCUT2D eigenvalue weighted by Crippen LogP contribution is -2.16. The zero-order valence-corrected chi connectivity index (χ0v) is 12.0. The average molecular weight is 292 g/mol. The number of benzene rings is 1. The molecule has 0 spiro atoms. The second-order valence-electron chi connectivity index (χ2n) is 4.18. The van der Waals surface area contributed by atoms with E-state index in [0.717, 1.165) is 16.3 Å². The topological polar surface area (TPSA) is 50.9 Å². The summed E-state index contributed by atoms with van der Waals surface area (Å²) in [5.41, 5.74) is 8.23. The van der Waals surface area contributed by atoms with Crippen molar-refractivity contribution in [3.63, 3.8) is 0 Å². The zero-order chi connectivity index (χ0) is 13.8. The van der Waals surface area contributed by atoms with Crippen molar-refractivity contribution >= 4 is 34.5 Å². The molecule has 0 fully saturated rings. The van der Waals surface area contributed by atoms with Crippen LogP contribution in [0.5, 0.6) is 0 Å². The van der Waals surface area contributed by atoms with E-state index in [2.05, 4.69) is 17.2 Å². The quantitative estimate of drug-likeness (QED) is 0.846. The fourth-order valence-electron chi connectivity index (χ4n) is 1.79. The van der Waals surface area contributed by atoms with E-state index in [0.29, 0.717) is 5.69 Å². The highest BCUT2D eigenvalue weighted by molar-refractivity contribution is 7.80. The first kappa shape index (κ1) is 13.8. The largest absolute Gasteiger partial charge is 0.388 e. The number of nitrogens with two attached hydrogens (primary N) is 1. The van der Waals surface area contributed by atoms with Crippen LogP contribution in [0, 0.1) is 0 Å². The SMILES string of the molecule is CC(Nc1cccnc1C(N)=S)c1ccc(Cl)cc1. The van der Waals surface area contributed by atoms with Gasteiger partial charge in [0.05, 0.1) is 5.69 Å². The molecule has 1 atom stereocenters. The molecule has 3 N–H and O–H groups in total. The molecule has 3 nitrogen and oxygen atoms in total. The number of hydrogen-bond donors (Lipinski definition) is 2. The van der Waals surface area contributed by atoms with Gasteiger partial charge in [0, 0.05) is 17.3 Å². The molecule has 0 aliphatic carbocycles. The van der Waals surface area contributed by atoms with Crippen LogP contribution < -0.4 is 11.1 Å². The molecule has 1 aromatic heterocycles. The van der Waals surface area contributed by atoms with Crippen molar-refractivity contribution in [1.29, 1.82) is 0 Å². The highest BCUT2D eigenvalue weighted by atomic mass is 35.5. The Labute approximate surface area is 122 Å². The number of nitrogens with one attached hydrogen (secondary N) is 1. The summed E-state index contributed by atoms with van der Waals surface area (Å²) in [5.74, 6) is 0. The number of rotatable bonds is 4. The molecule has 0 amide bonds. The zero-order valence-electron chi connectivity index (χ0n) is 10.4. The highest BCUT2D eigenvalue weighted by Gasteiger charge is 2.10. The summed E-state index contributed by atoms with van der Waals surface area (Å²) >= 11 is 10.9. The van der Waals surface area contributed by atoms with Gasteiger partial charge in [-0.1, -0.05) is 36.0 Å². The van der Waals surface area contributed by atoms with E-state index in [1.807, 2.05) is 36.4 Å². The summed E-state index contributed by atoms with van der Waals surface area (Å²) in [6.07, 6.45) is 1.67. The van der Waals surface area contributed by atoms with E-state index < -0.39 is 0 Å². The summed E-state index contributed by atoms with van der Waals surface area (Å²) in [6, 6.07) is 11.6. The van der Waals surface area contributed by atoms with Gasteiger partial charge in [0.25, 0.3) is 0 Å². The minimum atomic E-state index is 0.106. The third-order valence-electron chi connectivity index (χ3n) is 2.78. The van der Waals surface area contributed by atoms with E-state index in [1.54, 1.807) is 6.20 Å². The van der Waals surface area contributed by atoms with Crippen LogP contribution in [0.2, 0.25) is 5.02 Å². The lowest BCUT2D eigenvalue weighted by molar-refractivity contribution is 0.882. The van der Waals surface area contributed by atoms with E-state index in [4.69, 9.17) is 29.6 Å². The second kappa shape index (κ2) is 5.99. The lowest BCUT2D eigenvalue weighted by Gasteiger charge is -2.17. The van der Waals surface area contributed by atoms with Crippen LogP contribution in [0.4, 0.5) is 5.69 Å². The normalized spacial score (nSPS) is 11.9. The van der Waals surface area contributed by atoms with Crippen molar-refractivity contribution in [2.24, 2.45) is 5.73 Å². The molecule has 2 rings (SSSR count). The fourth-order valence-corrected chi connectivity index (χ4v) is 2.07. The molecule has 5 heteroatoms. The first-order valence-corrected chi connectivity index (χ1v) is 6.63. The van der Waals surface area contributed by atoms with E-state index in [1.165, 1.54) is 0 Å². The Morgan fingerprint density at radius 3 is 2.63 bits per heavy atom. The molecule has 0 saturated heterocycles. The van der Waals surface area contributed by atoms with Gasteiger partial charge in [-0.3, -0.25) is 4.98 Å². The summed E-state index contributed by atoms with van der Waals surface area (Å²) < 4.78 is 0. The summed E-state index contributed by atoms with van der Waals surface area (Å²) in [7, 11) is 0. The Kier molecular flexibility index (Phi) is 4.35. The minimum absolute atomic E-state index is 0.106. The molecular formula is C14H14ClN3S. The molecule has 2 aromatic rings. The number of anilines is 1. The first-order valence-electron chi connectivity index (χ1n) is 5.84. The predicted octanol–water partition coefficient (Wildman–Crippen LogP) is 3.54. The monoisotopic (exact) mass is 291 g/mol. The van der Waals surface area contributed by atoms with Crippen LogP contribution in [0.3, 0.4) is 0 Å². The summed E-state index contributed by atoms with van der Waals surface area (Å²) in [6.45, 7) is 2.06. The van der Waals surface area contributed by atoms with Crippen LogP contribution in [-0.2, 0) is 0 Å². The predicted molar refractivity (Wildman–Crippen MR) is 83.6 cm³/mol. The molecule has 1 heterocycles. The number of thiocarbonyl (C=S) groups is 1. The number of pyridine rings is 1. The molecule has 1 aromatic carbocycles. The van der Waals surface area contributed by atoms with Gasteiger partial charge < -0.3 is 11.1 Å². The van der Waals surface area contributed by atoms with Crippen LogP contribution >= 0.6 is 23.8 Å². The Morgan fingerprint density at radius 1 is 1.32 bits per heavy atom. The van der Waals surface area contributed by atoms with Gasteiger partial charge >= 0.3 is 0 Å². The van der Waals surface area contributed by atoms with E-state index >= 15 is 0 Å². The summed E-state index contributed by atoms with van der Waals surface area (Å²) in [5, 5.41) is 4.08. The molecule has 19 heavy (non-hydrogen) atoms. The maximum absolute atomic E-state index is 5.88. The van der Waals surface area contributed by atoms with E-state index in [9.17, 15) is 0 Å². The van der Waals surface area contributed by atoms with Gasteiger partial charge in [0.15, 0.2) is 0 Å². The number of halogens is 1. The number of aromatic nitrogens is 1. The summed E-state index contributed by atoms with van der Waals surface area (Å²) in [4.78, 5) is 4.47. The van der Waals surface area contributed by atoms with Crippen LogP contribution in [-0.4, -0.2) is 9.97 Å². The average Bonchev–Trinajstić information content (AvgIpc) is 2.39. The highest BCUT2D eigenvalue weighted by Crippen LogP contribution is 2.22. The first-order chi connectivity index (χ1) is 9.08. The van der Waals surface area contributed by atoms with Crippen molar-refractivity contribution in [2.45, 2.75) is 13.0 Å². The Hall–Kier alpha value is -1.65. The van der Waals surface area contributed by atoms with Crippen molar-refractivity contribution in [2.75, 3.05) is 5.32 Å². The van der Waals surface area contributed by atoms with Gasteiger partial charge in [-0.15, -0.1) is 0 Å². The maximum atomic E-state index is 5.88. The minimum Gasteiger partial charge on any atom is -0.388 e. The standard InChI is InChI=1S/C14H14ClN3S/c1-9(10-4-6-11(15)7-5-10)18-12-3-2-8-17-13(12)14(16)19/h2-9,18H,1H3,(H2,16,19). The van der Waals surface area contributed by atoms with Gasteiger partial charge in [-0.05, 0) is 36.8 Å². The van der Waals surface area contributed by atoms with Gasteiger partial charge in [0.2, 0.25) is 0 Å². The van der Waals surface area contributed by atoms with Crippen LogP contribution in [0.25, 0.3) is 0 Å². The molecule has 0 aliphatic rings. The molecule has 0 aliphatic heterocycles. The van der Waals surface area contributed by atoms with Gasteiger partial charge in [0.1, 0.15) is 10.7 Å². The number of nitrogens with zero attached hydrogens (tertiary/aromatic N) is 1. The Balaban J connectivity index is 2.21. The van der Waals surface area contributed by atoms with Crippen molar-refractivity contribution in [3.05, 3.63) is 58.9 Å². The number of hydrogen-bond acceptors (Lipinski definition) is 3. The fraction of sp³-hybridized carbons (Fsp3) is 0.143. The second-order valence-corrected chi connectivity index (χ2v) is 5.06. The molecule has 0 bridgehead atoms. The Bertz CT molecular complexity index is 583. The van der Waals surface area contributed by atoms with Gasteiger partial charge in [-0.2, -0.15) is 0 Å². The smallest absolute Gasteiger partial charge is 0.124 e. The lowest BCUT2D eigenvalue weighted by atomic mass is 10.1. The molecule has 98 valence electrons. The van der Waals surface area contributed by atoms with Crippen molar-refractivity contribution in [1.82, 2.24) is 4.98 Å². The van der Waals surface area contributed by atoms with Crippen molar-refractivity contribution < 1.29 is 0 Å². The van der Waals surface area contributed by atoms with Crippen LogP contribution in [0.15, 0.2) is 42.6 Å². The third kappa shape index (κ3) is 3.43. The molecule has 0 radical (unpaired) electrons. The van der Waals surface area contributed by atoms with Gasteiger partial charge in [-0.25, -0.2) is 0 Å². The molecular weight excluding hydrogens is 278 g/mol. The molecule has 1 unspecified atom stereocenters.